The summed E-state index contributed by atoms with van der Waals surface area (Å²) in [4.78, 5) is 27.5. The van der Waals surface area contributed by atoms with Gasteiger partial charge in [-0.15, -0.1) is 0 Å². The predicted molar refractivity (Wildman–Crippen MR) is 150 cm³/mol. The monoisotopic (exact) mass is 647 g/mol. The maximum Gasteiger partial charge on any atom is 0.411 e. The van der Waals surface area contributed by atoms with Crippen LogP contribution in [0.5, 0.6) is 6.01 Å². The lowest BCUT2D eigenvalue weighted by Gasteiger charge is -2.47. The van der Waals surface area contributed by atoms with Crippen LogP contribution in [0.2, 0.25) is 5.02 Å². The molecule has 2 aromatic rings. The second kappa shape index (κ2) is 9.76. The van der Waals surface area contributed by atoms with Gasteiger partial charge >= 0.3 is 12.1 Å². The topological polar surface area (TPSA) is 71.0 Å². The van der Waals surface area contributed by atoms with Crippen LogP contribution in [0.15, 0.2) is 10.5 Å². The molecule has 1 aromatic carbocycles. The molecule has 2 aliphatic heterocycles. The zero-order valence-corrected chi connectivity index (χ0v) is 25.8. The van der Waals surface area contributed by atoms with Crippen molar-refractivity contribution < 1.29 is 27.4 Å². The molecule has 1 aliphatic carbocycles. The molecule has 3 fully saturated rings. The summed E-state index contributed by atoms with van der Waals surface area (Å²) in [6.07, 6.45) is 0.841. The Bertz CT molecular complexity index is 1360. The molecule has 40 heavy (non-hydrogen) atoms. The molecule has 3 atom stereocenters. The Morgan fingerprint density at radius 1 is 1.30 bits per heavy atom. The number of aromatic nitrogens is 2. The number of ether oxygens (including phenoxy) is 2. The van der Waals surface area contributed by atoms with Crippen molar-refractivity contribution in [3.8, 4) is 6.01 Å². The highest BCUT2D eigenvalue weighted by atomic mass is 79.9. The third-order valence-electron chi connectivity index (χ3n) is 7.91. The number of rotatable bonds is 6. The molecule has 2 bridgehead atoms. The van der Waals surface area contributed by atoms with Gasteiger partial charge in [0.2, 0.25) is 0 Å². The molecule has 1 aromatic heterocycles. The molecule has 3 heterocycles. The van der Waals surface area contributed by atoms with Gasteiger partial charge in [0.1, 0.15) is 23.5 Å². The molecule has 1 amide bonds. The molecule has 0 N–H and O–H groups in total. The van der Waals surface area contributed by atoms with Crippen LogP contribution in [-0.4, -0.2) is 89.3 Å². The van der Waals surface area contributed by atoms with Crippen LogP contribution in [-0.2, 0) is 4.74 Å². The fourth-order valence-electron chi connectivity index (χ4n) is 6.07. The van der Waals surface area contributed by atoms with E-state index in [0.717, 1.165) is 12.8 Å². The van der Waals surface area contributed by atoms with Crippen molar-refractivity contribution in [3.05, 3.63) is 21.4 Å². The minimum absolute atomic E-state index is 0.0347. The van der Waals surface area contributed by atoms with Crippen LogP contribution >= 0.6 is 27.5 Å². The summed E-state index contributed by atoms with van der Waals surface area (Å²) in [5.41, 5.74) is -2.59. The highest BCUT2D eigenvalue weighted by Crippen LogP contribution is 2.60. The van der Waals surface area contributed by atoms with Crippen LogP contribution in [0.3, 0.4) is 0 Å². The lowest BCUT2D eigenvalue weighted by Crippen LogP contribution is -2.63. The normalized spacial score (nSPS) is 27.4. The third-order valence-corrected chi connectivity index (χ3v) is 9.21. The zero-order chi connectivity index (χ0) is 29.4. The largest absolute Gasteiger partial charge is 0.463 e. The minimum Gasteiger partial charge on any atom is -0.463 e. The van der Waals surface area contributed by atoms with E-state index in [1.165, 1.54) is 0 Å². The van der Waals surface area contributed by atoms with Crippen LogP contribution in [0.4, 0.5) is 23.8 Å². The third kappa shape index (κ3) is 5.19. The number of hydrogen-bond acceptors (Lipinski definition) is 7. The van der Waals surface area contributed by atoms with Crippen LogP contribution in [0, 0.1) is 11.2 Å². The molecule has 1 unspecified atom stereocenters. The minimum atomic E-state index is -2.87. The van der Waals surface area contributed by atoms with Gasteiger partial charge < -0.3 is 19.3 Å². The second-order valence-corrected chi connectivity index (χ2v) is 14.0. The smallest absolute Gasteiger partial charge is 0.411 e. The van der Waals surface area contributed by atoms with E-state index in [0.29, 0.717) is 24.3 Å². The van der Waals surface area contributed by atoms with Gasteiger partial charge in [-0.3, -0.25) is 4.90 Å². The van der Waals surface area contributed by atoms with Gasteiger partial charge in [0.25, 0.3) is 5.92 Å². The standard InChI is InChI=1S/C27H34BrClF3N5O3/c1-24(2,3)40-23(38)37-15-7-8-25(37,4)12-36(10-15)21-16-9-17(29)18(28)19(30)20(16)33-22(34-21)39-14-26(13-35(5)6)11-27(26,31)32/h9,15H,7-8,10-14H2,1-6H3/t15-,25?,26-/m1/s1. The number of fused-ring (bicyclic) bond motifs is 3. The van der Waals surface area contributed by atoms with E-state index in [9.17, 15) is 13.6 Å². The number of amides is 1. The lowest BCUT2D eigenvalue weighted by atomic mass is 9.97. The number of alkyl halides is 2. The number of nitrogens with zero attached hydrogens (tertiary/aromatic N) is 5. The molecule has 0 spiro atoms. The Hall–Kier alpha value is -2.05. The first-order valence-electron chi connectivity index (χ1n) is 13.2. The van der Waals surface area contributed by atoms with Gasteiger partial charge in [0.15, 0.2) is 5.82 Å². The maximum atomic E-state index is 15.4. The van der Waals surface area contributed by atoms with E-state index >= 15 is 4.39 Å². The number of halogens is 5. The molecule has 3 aliphatic rings. The number of carbonyl (C=O) groups is 1. The summed E-state index contributed by atoms with van der Waals surface area (Å²) in [6.45, 7) is 8.11. The van der Waals surface area contributed by atoms with E-state index in [2.05, 4.69) is 25.9 Å². The highest BCUT2D eigenvalue weighted by Gasteiger charge is 2.71. The average molecular weight is 649 g/mol. The van der Waals surface area contributed by atoms with E-state index in [4.69, 9.17) is 21.1 Å². The van der Waals surface area contributed by atoms with Gasteiger partial charge in [-0.05, 0) is 76.6 Å². The first-order valence-corrected chi connectivity index (χ1v) is 14.4. The van der Waals surface area contributed by atoms with E-state index in [1.807, 2.05) is 32.6 Å². The van der Waals surface area contributed by atoms with Gasteiger partial charge in [-0.1, -0.05) is 11.6 Å². The summed E-state index contributed by atoms with van der Waals surface area (Å²) in [5, 5.41) is 0.513. The van der Waals surface area contributed by atoms with Crippen LogP contribution < -0.4 is 9.64 Å². The van der Waals surface area contributed by atoms with Gasteiger partial charge in [-0.25, -0.2) is 18.0 Å². The Kier molecular flexibility index (Phi) is 7.18. The molecule has 0 radical (unpaired) electrons. The summed E-state index contributed by atoms with van der Waals surface area (Å²) in [5.74, 6) is -3.19. The maximum absolute atomic E-state index is 15.4. The number of carbonyl (C=O) groups excluding carboxylic acids is 1. The van der Waals surface area contributed by atoms with Crippen molar-refractivity contribution in [3.63, 3.8) is 0 Å². The summed E-state index contributed by atoms with van der Waals surface area (Å²) in [7, 11) is 3.45. The summed E-state index contributed by atoms with van der Waals surface area (Å²) >= 11 is 9.50. The highest BCUT2D eigenvalue weighted by molar-refractivity contribution is 9.10. The van der Waals surface area contributed by atoms with Crippen molar-refractivity contribution in [1.29, 1.82) is 0 Å². The fraction of sp³-hybridized carbons (Fsp3) is 0.667. The molecule has 2 saturated heterocycles. The van der Waals surface area contributed by atoms with Crippen molar-refractivity contribution >= 4 is 50.3 Å². The second-order valence-electron chi connectivity index (χ2n) is 12.8. The van der Waals surface area contributed by atoms with Gasteiger partial charge in [0, 0.05) is 31.4 Å². The average Bonchev–Trinajstić information content (AvgIpc) is 3.27. The lowest BCUT2D eigenvalue weighted by molar-refractivity contribution is -0.00285. The fourth-order valence-corrected chi connectivity index (χ4v) is 6.57. The van der Waals surface area contributed by atoms with Gasteiger partial charge in [0.05, 0.1) is 26.5 Å². The Morgan fingerprint density at radius 3 is 2.55 bits per heavy atom. The van der Waals surface area contributed by atoms with E-state index in [-0.39, 0.29) is 52.7 Å². The van der Waals surface area contributed by atoms with Crippen LogP contribution in [0.25, 0.3) is 10.9 Å². The van der Waals surface area contributed by atoms with Crippen molar-refractivity contribution in [2.45, 2.75) is 70.1 Å². The molecule has 13 heteroatoms. The molecule has 1 saturated carbocycles. The van der Waals surface area contributed by atoms with Crippen molar-refractivity contribution in [1.82, 2.24) is 19.8 Å². The number of hydrogen-bond donors (Lipinski definition) is 0. The Balaban J connectivity index is 1.50. The van der Waals surface area contributed by atoms with Crippen LogP contribution in [0.1, 0.15) is 47.0 Å². The number of anilines is 1. The van der Waals surface area contributed by atoms with Crippen molar-refractivity contribution in [2.75, 3.05) is 45.2 Å². The van der Waals surface area contributed by atoms with Gasteiger partial charge in [-0.2, -0.15) is 9.97 Å². The first kappa shape index (κ1) is 29.4. The first-order chi connectivity index (χ1) is 18.5. The zero-order valence-electron chi connectivity index (χ0n) is 23.5. The summed E-state index contributed by atoms with van der Waals surface area (Å²) < 4.78 is 55.7. The Morgan fingerprint density at radius 2 is 1.98 bits per heavy atom. The van der Waals surface area contributed by atoms with E-state index < -0.39 is 28.3 Å². The Labute approximate surface area is 245 Å². The quantitative estimate of drug-likeness (QED) is 0.349. The van der Waals surface area contributed by atoms with Crippen molar-refractivity contribution in [2.24, 2.45) is 5.41 Å². The molecule has 8 nitrogen and oxygen atoms in total. The molecule has 220 valence electrons. The number of piperazine rings is 1. The SMILES string of the molecule is CN(C)C[C@@]1(COc2nc(N3C[C@H]4CCC(C)(C3)N4C(=O)OC(C)(C)C)c3cc(Cl)c(Br)c(F)c3n2)CC1(F)F. The molecule has 5 rings (SSSR count). The molecular weight excluding hydrogens is 615 g/mol. The summed E-state index contributed by atoms with van der Waals surface area (Å²) in [6, 6.07) is 1.23. The van der Waals surface area contributed by atoms with E-state index in [1.54, 1.807) is 30.0 Å². The predicted octanol–water partition coefficient (Wildman–Crippen LogP) is 6.13. The molecular formula is C27H34BrClF3N5O3. The number of benzene rings is 1.